The number of esters is 1. The van der Waals surface area contributed by atoms with Crippen molar-refractivity contribution in [2.75, 3.05) is 12.4 Å². The minimum absolute atomic E-state index is 0.236. The predicted molar refractivity (Wildman–Crippen MR) is 106 cm³/mol. The van der Waals surface area contributed by atoms with Crippen LogP contribution in [0.5, 0.6) is 11.5 Å². The Morgan fingerprint density at radius 1 is 1.07 bits per heavy atom. The third kappa shape index (κ3) is 3.87. The van der Waals surface area contributed by atoms with Crippen molar-refractivity contribution in [2.45, 2.75) is 6.92 Å². The summed E-state index contributed by atoms with van der Waals surface area (Å²) >= 11 is 1.01. The fraction of sp³-hybridized carbons (Fsp3) is 0.0952. The number of nitrogens with one attached hydrogen (secondary N) is 1. The maximum atomic E-state index is 12.8. The smallest absolute Gasteiger partial charge is 0.348 e. The monoisotopic (exact) mass is 392 g/mol. The van der Waals surface area contributed by atoms with Gasteiger partial charge in [0.2, 0.25) is 0 Å². The summed E-state index contributed by atoms with van der Waals surface area (Å²) < 4.78 is 10.5. The Morgan fingerprint density at radius 2 is 1.75 bits per heavy atom. The van der Waals surface area contributed by atoms with Crippen molar-refractivity contribution in [1.82, 2.24) is 0 Å². The number of rotatable bonds is 5. The molecule has 0 bridgehead atoms. The van der Waals surface area contributed by atoms with E-state index in [2.05, 4.69) is 5.32 Å². The molecule has 0 saturated heterocycles. The Morgan fingerprint density at radius 3 is 2.43 bits per heavy atom. The number of hydrogen-bond acceptors (Lipinski definition) is 6. The van der Waals surface area contributed by atoms with Crippen LogP contribution in [0.1, 0.15) is 31.2 Å². The lowest BCUT2D eigenvalue weighted by Crippen LogP contribution is -2.12. The van der Waals surface area contributed by atoms with Crippen LogP contribution in [0.3, 0.4) is 0 Å². The van der Waals surface area contributed by atoms with Crippen LogP contribution in [0.15, 0.2) is 54.6 Å². The second kappa shape index (κ2) is 8.37. The molecule has 3 rings (SSSR count). The van der Waals surface area contributed by atoms with Crippen molar-refractivity contribution in [3.05, 3.63) is 76.2 Å². The zero-order valence-electron chi connectivity index (χ0n) is 15.2. The number of para-hydroxylation sites is 2. The molecular formula is C21H16N2O4S. The topological polar surface area (TPSA) is 88.4 Å². The number of anilines is 1. The van der Waals surface area contributed by atoms with Gasteiger partial charge in [0, 0.05) is 0 Å². The van der Waals surface area contributed by atoms with Gasteiger partial charge in [0.05, 0.1) is 18.2 Å². The van der Waals surface area contributed by atoms with Gasteiger partial charge in [0.1, 0.15) is 27.4 Å². The molecule has 0 unspecified atom stereocenters. The molecule has 1 aromatic heterocycles. The molecule has 1 heterocycles. The Balaban J connectivity index is 1.91. The van der Waals surface area contributed by atoms with Gasteiger partial charge in [-0.3, -0.25) is 4.79 Å². The zero-order chi connectivity index (χ0) is 20.1. The molecule has 2 aromatic carbocycles. The molecule has 0 fully saturated rings. The Labute approximate surface area is 166 Å². The van der Waals surface area contributed by atoms with Crippen molar-refractivity contribution >= 4 is 28.2 Å². The standard InChI is InChI=1S/C21H16N2O4S/c1-13-16(12-22)20(28-18(13)21(25)26-2)23-19(24)15-10-6-7-11-17(15)27-14-8-4-3-5-9-14/h3-11H,1-2H3,(H,23,24). The summed E-state index contributed by atoms with van der Waals surface area (Å²) in [6.07, 6.45) is 0. The normalized spacial score (nSPS) is 10.0. The van der Waals surface area contributed by atoms with E-state index in [1.807, 2.05) is 24.3 Å². The number of carbonyl (C=O) groups is 2. The van der Waals surface area contributed by atoms with Gasteiger partial charge in [-0.05, 0) is 36.8 Å². The first-order chi connectivity index (χ1) is 13.5. The summed E-state index contributed by atoms with van der Waals surface area (Å²) in [5.41, 5.74) is 1.02. The lowest BCUT2D eigenvalue weighted by atomic mass is 10.1. The average Bonchev–Trinajstić information content (AvgIpc) is 3.03. The van der Waals surface area contributed by atoms with Crippen molar-refractivity contribution in [2.24, 2.45) is 0 Å². The second-order valence-corrected chi connectivity index (χ2v) is 6.75. The van der Waals surface area contributed by atoms with Crippen LogP contribution in [-0.2, 0) is 4.74 Å². The van der Waals surface area contributed by atoms with Crippen LogP contribution >= 0.6 is 11.3 Å². The van der Waals surface area contributed by atoms with Gasteiger partial charge >= 0.3 is 5.97 Å². The van der Waals surface area contributed by atoms with E-state index in [0.717, 1.165) is 11.3 Å². The minimum Gasteiger partial charge on any atom is -0.465 e. The van der Waals surface area contributed by atoms with Gasteiger partial charge in [0.15, 0.2) is 0 Å². The number of thiophene rings is 1. The number of ether oxygens (including phenoxy) is 2. The lowest BCUT2D eigenvalue weighted by molar-refractivity contribution is 0.0605. The molecule has 7 heteroatoms. The van der Waals surface area contributed by atoms with E-state index in [0.29, 0.717) is 27.6 Å². The molecule has 6 nitrogen and oxygen atoms in total. The van der Waals surface area contributed by atoms with Crippen molar-refractivity contribution in [3.63, 3.8) is 0 Å². The minimum atomic E-state index is -0.549. The predicted octanol–water partition coefficient (Wildman–Crippen LogP) is 4.76. The van der Waals surface area contributed by atoms with Crippen molar-refractivity contribution < 1.29 is 19.1 Å². The molecule has 0 radical (unpaired) electrons. The summed E-state index contributed by atoms with van der Waals surface area (Å²) in [5.74, 6) is -0.0143. The first kappa shape index (κ1) is 19.1. The first-order valence-corrected chi connectivity index (χ1v) is 9.12. The average molecular weight is 392 g/mol. The van der Waals surface area contributed by atoms with Crippen LogP contribution < -0.4 is 10.1 Å². The molecular weight excluding hydrogens is 376 g/mol. The quantitative estimate of drug-likeness (QED) is 0.633. The highest BCUT2D eigenvalue weighted by Gasteiger charge is 2.23. The highest BCUT2D eigenvalue weighted by Crippen LogP contribution is 2.34. The van der Waals surface area contributed by atoms with E-state index in [4.69, 9.17) is 9.47 Å². The number of methoxy groups -OCH3 is 1. The third-order valence-electron chi connectivity index (χ3n) is 3.96. The molecule has 140 valence electrons. The van der Waals surface area contributed by atoms with E-state index in [1.54, 1.807) is 43.3 Å². The highest BCUT2D eigenvalue weighted by molar-refractivity contribution is 7.18. The van der Waals surface area contributed by atoms with E-state index in [9.17, 15) is 14.9 Å². The largest absolute Gasteiger partial charge is 0.465 e. The molecule has 0 atom stereocenters. The van der Waals surface area contributed by atoms with Crippen molar-refractivity contribution in [3.8, 4) is 17.6 Å². The number of nitrogens with zero attached hydrogens (tertiary/aromatic N) is 1. The van der Waals surface area contributed by atoms with Gasteiger partial charge in [0.25, 0.3) is 5.91 Å². The fourth-order valence-corrected chi connectivity index (χ4v) is 3.62. The molecule has 0 aliphatic carbocycles. The van der Waals surface area contributed by atoms with Gasteiger partial charge in [-0.1, -0.05) is 30.3 Å². The maximum absolute atomic E-state index is 12.8. The first-order valence-electron chi connectivity index (χ1n) is 8.30. The third-order valence-corrected chi connectivity index (χ3v) is 5.15. The SMILES string of the molecule is COC(=O)c1sc(NC(=O)c2ccccc2Oc2ccccc2)c(C#N)c1C. The Bertz CT molecular complexity index is 1070. The van der Waals surface area contributed by atoms with Crippen LogP contribution in [0.4, 0.5) is 5.00 Å². The molecule has 0 aliphatic rings. The van der Waals surface area contributed by atoms with E-state index in [-0.39, 0.29) is 10.4 Å². The molecule has 1 N–H and O–H groups in total. The van der Waals surface area contributed by atoms with Crippen LogP contribution in [-0.4, -0.2) is 19.0 Å². The summed E-state index contributed by atoms with van der Waals surface area (Å²) in [6, 6.07) is 17.9. The van der Waals surface area contributed by atoms with Crippen LogP contribution in [0, 0.1) is 18.3 Å². The number of nitriles is 1. The van der Waals surface area contributed by atoms with E-state index < -0.39 is 11.9 Å². The summed E-state index contributed by atoms with van der Waals surface area (Å²) in [4.78, 5) is 25.0. The number of benzene rings is 2. The Hall–Kier alpha value is -3.63. The summed E-state index contributed by atoms with van der Waals surface area (Å²) in [7, 11) is 1.27. The van der Waals surface area contributed by atoms with Gasteiger partial charge in [-0.2, -0.15) is 5.26 Å². The summed E-state index contributed by atoms with van der Waals surface area (Å²) in [6.45, 7) is 1.64. The molecule has 28 heavy (non-hydrogen) atoms. The molecule has 0 spiro atoms. The van der Waals surface area contributed by atoms with Crippen LogP contribution in [0.2, 0.25) is 0 Å². The Kier molecular flexibility index (Phi) is 5.72. The second-order valence-electron chi connectivity index (χ2n) is 5.73. The number of amides is 1. The number of carbonyl (C=O) groups excluding carboxylic acids is 2. The van der Waals surface area contributed by atoms with Crippen molar-refractivity contribution in [1.29, 1.82) is 5.26 Å². The van der Waals surface area contributed by atoms with Crippen LogP contribution in [0.25, 0.3) is 0 Å². The van der Waals surface area contributed by atoms with E-state index >= 15 is 0 Å². The van der Waals surface area contributed by atoms with E-state index in [1.165, 1.54) is 7.11 Å². The van der Waals surface area contributed by atoms with Gasteiger partial charge in [-0.15, -0.1) is 11.3 Å². The summed E-state index contributed by atoms with van der Waals surface area (Å²) in [5, 5.41) is 12.4. The molecule has 0 saturated carbocycles. The molecule has 1 amide bonds. The lowest BCUT2D eigenvalue weighted by Gasteiger charge is -2.11. The fourth-order valence-electron chi connectivity index (χ4n) is 2.55. The molecule has 0 aliphatic heterocycles. The maximum Gasteiger partial charge on any atom is 0.348 e. The zero-order valence-corrected chi connectivity index (χ0v) is 16.0. The van der Waals surface area contributed by atoms with Gasteiger partial charge in [-0.25, -0.2) is 4.79 Å². The van der Waals surface area contributed by atoms with Gasteiger partial charge < -0.3 is 14.8 Å². The number of hydrogen-bond donors (Lipinski definition) is 1. The highest BCUT2D eigenvalue weighted by atomic mass is 32.1. The molecule has 3 aromatic rings.